The molecular formula is C14H14N4O3S. The number of benzene rings is 1. The smallest absolute Gasteiger partial charge is 0.283 e. The summed E-state index contributed by atoms with van der Waals surface area (Å²) in [6.07, 6.45) is 1.46. The maximum Gasteiger partial charge on any atom is 0.360 e. The molecule has 3 rings (SSSR count). The Kier molecular flexibility index (Phi) is 3.45. The first-order valence-electron chi connectivity index (χ1n) is 6.67. The molecule has 2 heterocycles. The fourth-order valence-corrected chi connectivity index (χ4v) is 2.83. The summed E-state index contributed by atoms with van der Waals surface area (Å²) in [6.45, 7) is 1.57. The van der Waals surface area contributed by atoms with Crippen LogP contribution in [0.3, 0.4) is 0 Å². The minimum atomic E-state index is -3.39. The van der Waals surface area contributed by atoms with E-state index in [1.54, 1.807) is 47.8 Å². The fourth-order valence-electron chi connectivity index (χ4n) is 2.17. The van der Waals surface area contributed by atoms with E-state index in [1.807, 2.05) is 0 Å². The topological polar surface area (TPSA) is 96.3 Å². The van der Waals surface area contributed by atoms with Gasteiger partial charge in [-0.25, -0.2) is 18.3 Å². The van der Waals surface area contributed by atoms with Crippen LogP contribution in [0.4, 0.5) is 5.69 Å². The van der Waals surface area contributed by atoms with Gasteiger partial charge in [0.05, 0.1) is 28.8 Å². The Morgan fingerprint density at radius 2 is 2.00 bits per heavy atom. The van der Waals surface area contributed by atoms with Crippen molar-refractivity contribution in [2.75, 3.05) is 10.5 Å². The van der Waals surface area contributed by atoms with Crippen LogP contribution in [0.5, 0.6) is 0 Å². The van der Waals surface area contributed by atoms with E-state index in [9.17, 15) is 13.2 Å². The van der Waals surface area contributed by atoms with Gasteiger partial charge in [0.2, 0.25) is 10.0 Å². The molecule has 3 aromatic rings. The minimum Gasteiger partial charge on any atom is -0.283 e. The maximum atomic E-state index is 11.8. The van der Waals surface area contributed by atoms with Crippen LogP contribution in [-0.2, 0) is 10.0 Å². The number of aromatic amines is 1. The van der Waals surface area contributed by atoms with Gasteiger partial charge >= 0.3 is 5.69 Å². The highest BCUT2D eigenvalue weighted by Crippen LogP contribution is 2.29. The first-order chi connectivity index (χ1) is 10.5. The van der Waals surface area contributed by atoms with Crippen LogP contribution >= 0.6 is 0 Å². The summed E-state index contributed by atoms with van der Waals surface area (Å²) in [4.78, 5) is 15.1. The number of anilines is 1. The molecule has 0 saturated heterocycles. The Morgan fingerprint density at radius 1 is 1.23 bits per heavy atom. The van der Waals surface area contributed by atoms with Crippen LogP contribution in [0, 0.1) is 0 Å². The number of nitrogens with one attached hydrogen (secondary N) is 2. The van der Waals surface area contributed by atoms with Gasteiger partial charge in [0.1, 0.15) is 0 Å². The van der Waals surface area contributed by atoms with Crippen LogP contribution in [0.2, 0.25) is 0 Å². The lowest BCUT2D eigenvalue weighted by molar-refractivity contribution is 0.602. The molecule has 22 heavy (non-hydrogen) atoms. The number of aromatic nitrogens is 3. The average molecular weight is 318 g/mol. The largest absolute Gasteiger partial charge is 0.360 e. The second-order valence-electron chi connectivity index (χ2n) is 4.71. The summed E-state index contributed by atoms with van der Waals surface area (Å²) in [5.41, 5.74) is 2.03. The van der Waals surface area contributed by atoms with Crippen LogP contribution in [0.15, 0.2) is 47.4 Å². The van der Waals surface area contributed by atoms with E-state index < -0.39 is 15.7 Å². The molecule has 0 bridgehead atoms. The van der Waals surface area contributed by atoms with Crippen LogP contribution < -0.4 is 10.4 Å². The first kappa shape index (κ1) is 14.3. The number of sulfonamides is 1. The Bertz CT molecular complexity index is 988. The second kappa shape index (κ2) is 5.30. The molecule has 0 fully saturated rings. The number of H-pyrrole nitrogens is 1. The Labute approximate surface area is 126 Å². The molecule has 0 spiro atoms. The van der Waals surface area contributed by atoms with Crippen molar-refractivity contribution < 1.29 is 8.42 Å². The molecule has 1 aromatic carbocycles. The Hall–Kier alpha value is -2.61. The van der Waals surface area contributed by atoms with Crippen molar-refractivity contribution in [3.63, 3.8) is 0 Å². The molecule has 0 amide bonds. The zero-order valence-corrected chi connectivity index (χ0v) is 12.6. The van der Waals surface area contributed by atoms with Crippen molar-refractivity contribution >= 4 is 21.2 Å². The number of hydrogen-bond acceptors (Lipinski definition) is 4. The van der Waals surface area contributed by atoms with Crippen molar-refractivity contribution in [1.82, 2.24) is 14.6 Å². The molecule has 0 radical (unpaired) electrons. The van der Waals surface area contributed by atoms with Gasteiger partial charge in [-0.1, -0.05) is 18.2 Å². The molecule has 0 unspecified atom stereocenters. The van der Waals surface area contributed by atoms with Gasteiger partial charge in [-0.05, 0) is 25.1 Å². The van der Waals surface area contributed by atoms with E-state index >= 15 is 0 Å². The highest BCUT2D eigenvalue weighted by atomic mass is 32.2. The number of nitrogens with zero attached hydrogens (tertiary/aromatic N) is 2. The first-order valence-corrected chi connectivity index (χ1v) is 8.32. The minimum absolute atomic E-state index is 0.0169. The summed E-state index contributed by atoms with van der Waals surface area (Å²) in [5.74, 6) is -0.0169. The van der Waals surface area contributed by atoms with Gasteiger partial charge in [-0.3, -0.25) is 9.24 Å². The van der Waals surface area contributed by atoms with E-state index in [0.29, 0.717) is 22.5 Å². The summed E-state index contributed by atoms with van der Waals surface area (Å²) >= 11 is 0. The maximum absolute atomic E-state index is 11.8. The number of rotatable bonds is 4. The van der Waals surface area contributed by atoms with E-state index in [4.69, 9.17) is 0 Å². The molecule has 2 N–H and O–H groups in total. The van der Waals surface area contributed by atoms with Gasteiger partial charge in [0.15, 0.2) is 0 Å². The van der Waals surface area contributed by atoms with Crippen molar-refractivity contribution in [2.45, 2.75) is 6.92 Å². The van der Waals surface area contributed by atoms with E-state index in [0.717, 1.165) is 0 Å². The van der Waals surface area contributed by atoms with E-state index in [2.05, 4.69) is 14.8 Å². The Morgan fingerprint density at radius 3 is 2.77 bits per heavy atom. The molecule has 8 heteroatoms. The van der Waals surface area contributed by atoms with Crippen molar-refractivity contribution in [3.05, 3.63) is 53.1 Å². The lowest BCUT2D eigenvalue weighted by Crippen LogP contribution is -2.16. The third kappa shape index (κ3) is 2.60. The summed E-state index contributed by atoms with van der Waals surface area (Å²) < 4.78 is 27.8. The summed E-state index contributed by atoms with van der Waals surface area (Å²) in [7, 11) is -3.39. The second-order valence-corrected chi connectivity index (χ2v) is 6.72. The quantitative estimate of drug-likeness (QED) is 0.761. The molecule has 114 valence electrons. The predicted octanol–water partition coefficient (Wildman–Crippen LogP) is 1.45. The van der Waals surface area contributed by atoms with Crippen LogP contribution in [0.25, 0.3) is 16.8 Å². The summed E-state index contributed by atoms with van der Waals surface area (Å²) in [6, 6.07) is 10.6. The van der Waals surface area contributed by atoms with E-state index in [-0.39, 0.29) is 5.75 Å². The zero-order valence-electron chi connectivity index (χ0n) is 11.8. The molecule has 0 aliphatic heterocycles. The highest BCUT2D eigenvalue weighted by Gasteiger charge is 2.14. The third-order valence-corrected chi connectivity index (χ3v) is 4.57. The normalized spacial score (nSPS) is 11.7. The number of hydrogen-bond donors (Lipinski definition) is 2. The van der Waals surface area contributed by atoms with Crippen LogP contribution in [-0.4, -0.2) is 28.8 Å². The number of para-hydroxylation sites is 1. The Balaban J connectivity index is 2.19. The molecule has 2 aromatic heterocycles. The predicted molar refractivity (Wildman–Crippen MR) is 84.3 cm³/mol. The lowest BCUT2D eigenvalue weighted by atomic mass is 10.1. The van der Waals surface area contributed by atoms with Gasteiger partial charge in [0.25, 0.3) is 0 Å². The standard InChI is InChI=1S/C14H14N4O3S/c1-2-22(20,21)17-12-6-4-3-5-11(12)13-8-7-10-9-15-14(19)16-18(10)13/h3-9,17H,2H2,1H3,(H,16,19). The van der Waals surface area contributed by atoms with Crippen molar-refractivity contribution in [1.29, 1.82) is 0 Å². The average Bonchev–Trinajstić information content (AvgIpc) is 2.90. The lowest BCUT2D eigenvalue weighted by Gasteiger charge is -2.11. The van der Waals surface area contributed by atoms with Crippen molar-refractivity contribution in [2.24, 2.45) is 0 Å². The van der Waals surface area contributed by atoms with E-state index in [1.165, 1.54) is 6.20 Å². The SMILES string of the molecule is CCS(=O)(=O)Nc1ccccc1-c1ccc2cnc(=O)[nH]n12. The molecule has 0 saturated carbocycles. The van der Waals surface area contributed by atoms with Crippen molar-refractivity contribution in [3.8, 4) is 11.3 Å². The van der Waals surface area contributed by atoms with Gasteiger partial charge in [0, 0.05) is 5.56 Å². The summed E-state index contributed by atoms with van der Waals surface area (Å²) in [5, 5.41) is 2.61. The van der Waals surface area contributed by atoms with Crippen LogP contribution in [0.1, 0.15) is 6.92 Å². The molecule has 0 atom stereocenters. The fraction of sp³-hybridized carbons (Fsp3) is 0.143. The van der Waals surface area contributed by atoms with Gasteiger partial charge in [-0.15, -0.1) is 0 Å². The molecular weight excluding hydrogens is 304 g/mol. The molecule has 0 aliphatic carbocycles. The monoisotopic (exact) mass is 318 g/mol. The van der Waals surface area contributed by atoms with Gasteiger partial charge < -0.3 is 0 Å². The number of fused-ring (bicyclic) bond motifs is 1. The molecule has 7 nitrogen and oxygen atoms in total. The zero-order chi connectivity index (χ0) is 15.7. The third-order valence-electron chi connectivity index (χ3n) is 3.28. The van der Waals surface area contributed by atoms with Gasteiger partial charge in [-0.2, -0.15) is 4.98 Å². The molecule has 0 aliphatic rings. The highest BCUT2D eigenvalue weighted by molar-refractivity contribution is 7.92.